The summed E-state index contributed by atoms with van der Waals surface area (Å²) in [6.45, 7) is 6.91. The molecule has 20 heavy (non-hydrogen) atoms. The van der Waals surface area contributed by atoms with E-state index in [1.807, 2.05) is 20.8 Å². The van der Waals surface area contributed by atoms with Crippen molar-refractivity contribution in [1.29, 1.82) is 0 Å². The van der Waals surface area contributed by atoms with Crippen LogP contribution in [0, 0.1) is 19.8 Å². The van der Waals surface area contributed by atoms with Crippen LogP contribution >= 0.6 is 27.7 Å². The van der Waals surface area contributed by atoms with Crippen LogP contribution in [0.1, 0.15) is 24.5 Å². The van der Waals surface area contributed by atoms with Gasteiger partial charge in [-0.05, 0) is 49.4 Å². The molecule has 2 N–H and O–H groups in total. The lowest BCUT2D eigenvalue weighted by atomic mass is 10.1. The molecule has 1 amide bonds. The van der Waals surface area contributed by atoms with E-state index < -0.39 is 0 Å². The Morgan fingerprint density at radius 1 is 1.40 bits per heavy atom. The maximum Gasteiger partial charge on any atom is 0.230 e. The molecule has 1 unspecified atom stereocenters. The third-order valence-corrected chi connectivity index (χ3v) is 5.10. The summed E-state index contributed by atoms with van der Waals surface area (Å²) in [5.41, 5.74) is 2.35. The number of carbonyl (C=O) groups is 1. The fourth-order valence-corrected chi connectivity index (χ4v) is 3.11. The van der Waals surface area contributed by atoms with Crippen LogP contribution in [0.2, 0.25) is 0 Å². The molecular formula is C15H22BrNO2S. The largest absolute Gasteiger partial charge is 0.396 e. The number of hydrogen-bond acceptors (Lipinski definition) is 3. The first-order valence-corrected chi connectivity index (χ1v) is 8.49. The molecule has 0 bridgehead atoms. The molecule has 0 heterocycles. The highest BCUT2D eigenvalue weighted by Crippen LogP contribution is 2.28. The van der Waals surface area contributed by atoms with Crippen LogP contribution in [0.5, 0.6) is 0 Å². The van der Waals surface area contributed by atoms with E-state index >= 15 is 0 Å². The summed E-state index contributed by atoms with van der Waals surface area (Å²) in [7, 11) is 0. The third kappa shape index (κ3) is 5.85. The van der Waals surface area contributed by atoms with Crippen LogP contribution in [-0.2, 0) is 4.79 Å². The maximum atomic E-state index is 11.8. The number of aliphatic hydroxyl groups is 1. The molecule has 0 aromatic heterocycles. The number of hydrogen-bond donors (Lipinski definition) is 2. The van der Waals surface area contributed by atoms with Crippen molar-refractivity contribution in [2.24, 2.45) is 5.92 Å². The first kappa shape index (κ1) is 17.5. The van der Waals surface area contributed by atoms with Gasteiger partial charge in [0.15, 0.2) is 0 Å². The van der Waals surface area contributed by atoms with Crippen LogP contribution < -0.4 is 5.32 Å². The van der Waals surface area contributed by atoms with Crippen molar-refractivity contribution in [3.8, 4) is 0 Å². The Bertz CT molecular complexity index is 465. The highest BCUT2D eigenvalue weighted by atomic mass is 79.9. The molecule has 0 aliphatic carbocycles. The minimum Gasteiger partial charge on any atom is -0.396 e. The number of thioether (sulfide) groups is 1. The molecule has 0 fully saturated rings. The Balaban J connectivity index is 2.43. The van der Waals surface area contributed by atoms with Crippen molar-refractivity contribution in [2.75, 3.05) is 18.9 Å². The quantitative estimate of drug-likeness (QED) is 0.734. The van der Waals surface area contributed by atoms with Gasteiger partial charge in [-0.1, -0.05) is 22.9 Å². The van der Waals surface area contributed by atoms with Gasteiger partial charge < -0.3 is 10.4 Å². The molecule has 1 aromatic carbocycles. The number of carbonyl (C=O) groups excluding carboxylic acids is 1. The smallest absolute Gasteiger partial charge is 0.230 e. The van der Waals surface area contributed by atoms with Gasteiger partial charge in [0.2, 0.25) is 5.91 Å². The number of aliphatic hydroxyl groups excluding tert-OH is 1. The average molecular weight is 360 g/mol. The summed E-state index contributed by atoms with van der Waals surface area (Å²) >= 11 is 5.07. The van der Waals surface area contributed by atoms with Crippen molar-refractivity contribution in [3.05, 3.63) is 27.7 Å². The maximum absolute atomic E-state index is 11.8. The lowest BCUT2D eigenvalue weighted by Crippen LogP contribution is -2.30. The SMILES string of the molecule is Cc1cc(SCC(=O)NCC(C)CCO)c(C)cc1Br. The number of halogens is 1. The second-order valence-electron chi connectivity index (χ2n) is 5.08. The van der Waals surface area contributed by atoms with Crippen molar-refractivity contribution in [2.45, 2.75) is 32.1 Å². The summed E-state index contributed by atoms with van der Waals surface area (Å²) in [4.78, 5) is 12.9. The predicted octanol–water partition coefficient (Wildman–Crippen LogP) is 3.29. The minimum absolute atomic E-state index is 0.0414. The van der Waals surface area contributed by atoms with Crippen LogP contribution in [0.25, 0.3) is 0 Å². The molecule has 1 aromatic rings. The summed E-state index contributed by atoms with van der Waals surface area (Å²) in [6, 6.07) is 4.19. The molecule has 0 saturated carbocycles. The van der Waals surface area contributed by atoms with Crippen LogP contribution in [-0.4, -0.2) is 29.9 Å². The molecule has 0 aliphatic heterocycles. The zero-order valence-corrected chi connectivity index (χ0v) is 14.6. The van der Waals surface area contributed by atoms with Crippen molar-refractivity contribution in [1.82, 2.24) is 5.32 Å². The van der Waals surface area contributed by atoms with E-state index in [-0.39, 0.29) is 12.5 Å². The monoisotopic (exact) mass is 359 g/mol. The second kappa shape index (κ2) is 8.70. The van der Waals surface area contributed by atoms with E-state index in [1.165, 1.54) is 11.1 Å². The Morgan fingerprint density at radius 2 is 2.10 bits per heavy atom. The molecule has 112 valence electrons. The molecule has 1 rings (SSSR count). The van der Waals surface area contributed by atoms with E-state index in [4.69, 9.17) is 5.11 Å². The van der Waals surface area contributed by atoms with Gasteiger partial charge in [0.25, 0.3) is 0 Å². The molecule has 0 spiro atoms. The summed E-state index contributed by atoms with van der Waals surface area (Å²) in [5, 5.41) is 11.7. The molecule has 0 aliphatic rings. The minimum atomic E-state index is 0.0414. The summed E-state index contributed by atoms with van der Waals surface area (Å²) in [5.74, 6) is 0.777. The Morgan fingerprint density at radius 3 is 2.75 bits per heavy atom. The van der Waals surface area contributed by atoms with E-state index in [0.717, 1.165) is 15.8 Å². The fraction of sp³-hybridized carbons (Fsp3) is 0.533. The first-order valence-electron chi connectivity index (χ1n) is 6.71. The van der Waals surface area contributed by atoms with Gasteiger partial charge in [-0.2, -0.15) is 0 Å². The molecule has 0 radical (unpaired) electrons. The van der Waals surface area contributed by atoms with E-state index in [9.17, 15) is 4.79 Å². The summed E-state index contributed by atoms with van der Waals surface area (Å²) < 4.78 is 1.10. The Kier molecular flexibility index (Phi) is 7.62. The lowest BCUT2D eigenvalue weighted by Gasteiger charge is -2.12. The van der Waals surface area contributed by atoms with Crippen molar-refractivity contribution < 1.29 is 9.90 Å². The molecule has 3 nitrogen and oxygen atoms in total. The standard InChI is InChI=1S/C15H22BrNO2S/c1-10(4-5-18)8-17-15(19)9-20-14-7-11(2)13(16)6-12(14)3/h6-7,10,18H,4-5,8-9H2,1-3H3,(H,17,19). The van der Waals surface area contributed by atoms with E-state index in [1.54, 1.807) is 11.8 Å². The third-order valence-electron chi connectivity index (χ3n) is 3.08. The van der Waals surface area contributed by atoms with Crippen LogP contribution in [0.15, 0.2) is 21.5 Å². The highest BCUT2D eigenvalue weighted by molar-refractivity contribution is 9.10. The van der Waals surface area contributed by atoms with Gasteiger partial charge >= 0.3 is 0 Å². The molecule has 0 saturated heterocycles. The van der Waals surface area contributed by atoms with Gasteiger partial charge in [-0.15, -0.1) is 11.8 Å². The topological polar surface area (TPSA) is 49.3 Å². The first-order chi connectivity index (χ1) is 9.43. The number of nitrogens with one attached hydrogen (secondary N) is 1. The Labute approximate surface area is 133 Å². The fourth-order valence-electron chi connectivity index (χ4n) is 1.71. The lowest BCUT2D eigenvalue weighted by molar-refractivity contribution is -0.118. The van der Waals surface area contributed by atoms with E-state index in [0.29, 0.717) is 18.2 Å². The number of rotatable bonds is 7. The summed E-state index contributed by atoms with van der Waals surface area (Å²) in [6.07, 6.45) is 0.721. The van der Waals surface area contributed by atoms with Crippen molar-refractivity contribution >= 4 is 33.6 Å². The molecule has 5 heteroatoms. The van der Waals surface area contributed by atoms with Crippen LogP contribution in [0.4, 0.5) is 0 Å². The van der Waals surface area contributed by atoms with Gasteiger partial charge in [0, 0.05) is 22.5 Å². The van der Waals surface area contributed by atoms with Crippen molar-refractivity contribution in [3.63, 3.8) is 0 Å². The molecule has 1 atom stereocenters. The van der Waals surface area contributed by atoms with Gasteiger partial charge in [0.1, 0.15) is 0 Å². The van der Waals surface area contributed by atoms with Crippen LogP contribution in [0.3, 0.4) is 0 Å². The zero-order valence-electron chi connectivity index (χ0n) is 12.2. The van der Waals surface area contributed by atoms with E-state index in [2.05, 4.69) is 33.4 Å². The molecular weight excluding hydrogens is 338 g/mol. The number of benzene rings is 1. The average Bonchev–Trinajstić information content (AvgIpc) is 2.39. The number of amides is 1. The normalized spacial score (nSPS) is 12.2. The van der Waals surface area contributed by atoms with Gasteiger partial charge in [-0.25, -0.2) is 0 Å². The van der Waals surface area contributed by atoms with Gasteiger partial charge in [0.05, 0.1) is 5.75 Å². The Hall–Kier alpha value is -0.520. The number of aryl methyl sites for hydroxylation is 2. The highest BCUT2D eigenvalue weighted by Gasteiger charge is 2.08. The second-order valence-corrected chi connectivity index (χ2v) is 6.95. The zero-order chi connectivity index (χ0) is 15.1. The predicted molar refractivity (Wildman–Crippen MR) is 88.2 cm³/mol. The van der Waals surface area contributed by atoms with Gasteiger partial charge in [-0.3, -0.25) is 4.79 Å².